The summed E-state index contributed by atoms with van der Waals surface area (Å²) in [6, 6.07) is 7.14. The molecular weight excluding hydrogens is 718 g/mol. The fourth-order valence-corrected chi connectivity index (χ4v) is 6.46. The van der Waals surface area contributed by atoms with Crippen LogP contribution in [-0.4, -0.2) is 128 Å². The molecule has 0 saturated carbocycles. The first-order valence-electron chi connectivity index (χ1n) is 17.6. The molecule has 2 aliphatic heterocycles. The SMILES string of the molecule is [B][C@@H]1O[C@H](COC(=O)OCc2ccccc2)[C@H](OP(=O)(O)OC)C1C/C=C/CCCCNC(=O)CCCCO[C@@H]1O[C@H](CO)[C@H](O)[C@H](O)[C@H]1NC(C)=O. The van der Waals surface area contributed by atoms with Gasteiger partial charge < -0.3 is 54.5 Å². The molecule has 17 nitrogen and oxygen atoms in total. The Morgan fingerprint density at radius 1 is 1.00 bits per heavy atom. The molecule has 3 rings (SSSR count). The van der Waals surface area contributed by atoms with Gasteiger partial charge in [-0.2, -0.15) is 0 Å². The lowest BCUT2D eigenvalue weighted by atomic mass is 9.82. The molecule has 10 atom stereocenters. The Hall–Kier alpha value is -2.90. The summed E-state index contributed by atoms with van der Waals surface area (Å²) in [5.74, 6) is -1.11. The van der Waals surface area contributed by atoms with Gasteiger partial charge in [-0.15, -0.1) is 0 Å². The van der Waals surface area contributed by atoms with E-state index < -0.39 is 81.3 Å². The Labute approximate surface area is 310 Å². The first-order valence-corrected chi connectivity index (χ1v) is 19.1. The van der Waals surface area contributed by atoms with Crippen molar-refractivity contribution in [3.63, 3.8) is 0 Å². The van der Waals surface area contributed by atoms with Gasteiger partial charge in [-0.05, 0) is 44.1 Å². The van der Waals surface area contributed by atoms with Gasteiger partial charge in [0.15, 0.2) is 6.29 Å². The molecular formula is C34H52BN2O15P. The molecule has 2 fully saturated rings. The zero-order valence-electron chi connectivity index (χ0n) is 30.0. The van der Waals surface area contributed by atoms with Crippen molar-refractivity contribution < 1.29 is 71.9 Å². The zero-order chi connectivity index (χ0) is 38.8. The van der Waals surface area contributed by atoms with Gasteiger partial charge >= 0.3 is 14.0 Å². The highest BCUT2D eigenvalue weighted by molar-refractivity contribution is 7.47. The average Bonchev–Trinajstić information content (AvgIpc) is 3.42. The van der Waals surface area contributed by atoms with E-state index in [1.807, 2.05) is 30.4 Å². The zero-order valence-corrected chi connectivity index (χ0v) is 30.9. The van der Waals surface area contributed by atoms with Crippen LogP contribution in [0.5, 0.6) is 0 Å². The number of carbonyl (C=O) groups excluding carboxylic acids is 3. The highest BCUT2D eigenvalue weighted by Crippen LogP contribution is 2.48. The molecule has 53 heavy (non-hydrogen) atoms. The number of nitrogens with one attached hydrogen (secondary N) is 2. The summed E-state index contributed by atoms with van der Waals surface area (Å²) in [4.78, 5) is 46.0. The summed E-state index contributed by atoms with van der Waals surface area (Å²) in [6.07, 6.45) is -0.234. The molecule has 2 radical (unpaired) electrons. The maximum atomic E-state index is 12.3. The minimum Gasteiger partial charge on any atom is -0.431 e. The number of hydrogen-bond donors (Lipinski definition) is 6. The van der Waals surface area contributed by atoms with Gasteiger partial charge in [0.25, 0.3) is 0 Å². The summed E-state index contributed by atoms with van der Waals surface area (Å²) in [5.41, 5.74) is 0.773. The Balaban J connectivity index is 1.31. The summed E-state index contributed by atoms with van der Waals surface area (Å²) in [5, 5.41) is 35.2. The van der Waals surface area contributed by atoms with Crippen molar-refractivity contribution in [3.8, 4) is 0 Å². The second kappa shape index (κ2) is 23.1. The second-order valence-electron chi connectivity index (χ2n) is 12.7. The molecule has 2 aliphatic rings. The van der Waals surface area contributed by atoms with Crippen LogP contribution in [0.2, 0.25) is 0 Å². The van der Waals surface area contributed by atoms with E-state index >= 15 is 0 Å². The minimum absolute atomic E-state index is 0.00631. The van der Waals surface area contributed by atoms with Crippen LogP contribution in [0.15, 0.2) is 42.5 Å². The van der Waals surface area contributed by atoms with Crippen LogP contribution in [0.25, 0.3) is 0 Å². The number of carbonyl (C=O) groups is 3. The van der Waals surface area contributed by atoms with Crippen LogP contribution < -0.4 is 10.6 Å². The van der Waals surface area contributed by atoms with Crippen molar-refractivity contribution in [2.24, 2.45) is 5.92 Å². The third kappa shape index (κ3) is 15.4. The predicted molar refractivity (Wildman–Crippen MR) is 188 cm³/mol. The van der Waals surface area contributed by atoms with Crippen LogP contribution in [0.4, 0.5) is 4.79 Å². The van der Waals surface area contributed by atoms with E-state index in [2.05, 4.69) is 15.2 Å². The largest absolute Gasteiger partial charge is 0.508 e. The van der Waals surface area contributed by atoms with E-state index in [0.29, 0.717) is 32.2 Å². The molecule has 2 heterocycles. The highest BCUT2D eigenvalue weighted by Gasteiger charge is 2.47. The predicted octanol–water partition coefficient (Wildman–Crippen LogP) is 1.34. The molecule has 0 bridgehead atoms. The van der Waals surface area contributed by atoms with Crippen molar-refractivity contribution in [1.82, 2.24) is 10.6 Å². The van der Waals surface area contributed by atoms with Crippen molar-refractivity contribution in [3.05, 3.63) is 48.0 Å². The maximum absolute atomic E-state index is 12.3. The number of unbranched alkanes of at least 4 members (excludes halogenated alkanes) is 3. The van der Waals surface area contributed by atoms with Crippen LogP contribution in [0.3, 0.4) is 0 Å². The average molecular weight is 771 g/mol. The topological polar surface area (TPSA) is 238 Å². The van der Waals surface area contributed by atoms with E-state index in [9.17, 15) is 39.2 Å². The Kier molecular flexibility index (Phi) is 19.4. The molecule has 6 N–H and O–H groups in total. The van der Waals surface area contributed by atoms with Crippen LogP contribution in [0.1, 0.15) is 57.4 Å². The van der Waals surface area contributed by atoms with E-state index in [4.69, 9.17) is 36.1 Å². The quantitative estimate of drug-likeness (QED) is 0.0321. The number of aliphatic hydroxyl groups excluding tert-OH is 3. The molecule has 2 saturated heterocycles. The number of hydrogen-bond acceptors (Lipinski definition) is 14. The molecule has 296 valence electrons. The maximum Gasteiger partial charge on any atom is 0.508 e. The number of aliphatic hydroxyl groups is 3. The van der Waals surface area contributed by atoms with E-state index in [0.717, 1.165) is 25.5 Å². The van der Waals surface area contributed by atoms with Gasteiger partial charge in [0.1, 0.15) is 57.6 Å². The molecule has 2 amide bonds. The Morgan fingerprint density at radius 2 is 1.75 bits per heavy atom. The molecule has 0 aliphatic carbocycles. The summed E-state index contributed by atoms with van der Waals surface area (Å²) < 4.78 is 49.4. The third-order valence-electron chi connectivity index (χ3n) is 8.62. The number of phosphoric acid groups is 1. The van der Waals surface area contributed by atoms with Gasteiger partial charge in [-0.1, -0.05) is 42.5 Å². The summed E-state index contributed by atoms with van der Waals surface area (Å²) in [7, 11) is 2.78. The summed E-state index contributed by atoms with van der Waals surface area (Å²) >= 11 is 0. The normalized spacial score (nSPS) is 28.3. The minimum atomic E-state index is -4.43. The molecule has 1 aromatic carbocycles. The molecule has 2 unspecified atom stereocenters. The first-order chi connectivity index (χ1) is 25.3. The van der Waals surface area contributed by atoms with Crippen molar-refractivity contribution in [2.45, 2.75) is 107 Å². The lowest BCUT2D eigenvalue weighted by molar-refractivity contribution is -0.270. The Bertz CT molecular complexity index is 1340. The number of benzene rings is 1. The van der Waals surface area contributed by atoms with Gasteiger partial charge in [0.05, 0.1) is 6.61 Å². The molecule has 19 heteroatoms. The molecule has 1 aromatic rings. The van der Waals surface area contributed by atoms with E-state index in [1.165, 1.54) is 6.92 Å². The van der Waals surface area contributed by atoms with Gasteiger partial charge in [0, 0.05) is 45.5 Å². The lowest BCUT2D eigenvalue weighted by Gasteiger charge is -2.42. The lowest BCUT2D eigenvalue weighted by Crippen LogP contribution is -2.64. The van der Waals surface area contributed by atoms with Crippen LogP contribution in [-0.2, 0) is 53.5 Å². The molecule has 0 spiro atoms. The number of phosphoric ester groups is 1. The second-order valence-corrected chi connectivity index (χ2v) is 14.2. The number of rotatable bonds is 22. The van der Waals surface area contributed by atoms with Crippen LogP contribution >= 0.6 is 7.82 Å². The third-order valence-corrected chi connectivity index (χ3v) is 9.59. The van der Waals surface area contributed by atoms with Crippen molar-refractivity contribution >= 4 is 33.6 Å². The standard InChI is InChI=1S/C34H52BN2O15P/c1-22(39)37-28-30(42)29(41)25(19-38)51-33(28)47-18-12-10-16-27(40)36-17-11-5-3-4-9-15-24-31(52-53(44,45)46-2)26(50-32(24)35)21-49-34(43)48-20-23-13-7-6-8-14-23/h4,6-9,13-14,24-26,28-33,38,41-42H,3,5,10-12,15-21H2,1-2H3,(H,36,40)(H,37,39)(H,44,45)/b9-4+/t24?,25-,26-,28-,29+,30-,31-,32-,33-/m1/s1. The fourth-order valence-electron chi connectivity index (χ4n) is 5.77. The highest BCUT2D eigenvalue weighted by atomic mass is 31.2. The van der Waals surface area contributed by atoms with Crippen molar-refractivity contribution in [2.75, 3.05) is 33.5 Å². The summed E-state index contributed by atoms with van der Waals surface area (Å²) in [6.45, 7) is 1.04. The van der Waals surface area contributed by atoms with Crippen molar-refractivity contribution in [1.29, 1.82) is 0 Å². The fraction of sp³-hybridized carbons (Fsp3) is 0.676. The number of amides is 2. The van der Waals surface area contributed by atoms with Gasteiger partial charge in [0.2, 0.25) is 11.8 Å². The van der Waals surface area contributed by atoms with Gasteiger partial charge in [-0.3, -0.25) is 18.6 Å². The monoisotopic (exact) mass is 770 g/mol. The smallest absolute Gasteiger partial charge is 0.431 e. The van der Waals surface area contributed by atoms with Crippen LogP contribution in [0, 0.1) is 5.92 Å². The van der Waals surface area contributed by atoms with E-state index in [-0.39, 0.29) is 32.1 Å². The first kappa shape index (κ1) is 44.5. The number of ether oxygens (including phenoxy) is 5. The molecule has 0 aromatic heterocycles. The van der Waals surface area contributed by atoms with E-state index in [1.54, 1.807) is 12.1 Å². The Morgan fingerprint density at radius 3 is 2.45 bits per heavy atom. The van der Waals surface area contributed by atoms with Gasteiger partial charge in [-0.25, -0.2) is 9.36 Å². The number of allylic oxidation sites excluding steroid dienone is 2.